The summed E-state index contributed by atoms with van der Waals surface area (Å²) in [4.78, 5) is 0. The highest BCUT2D eigenvalue weighted by molar-refractivity contribution is 5.33. The lowest BCUT2D eigenvalue weighted by molar-refractivity contribution is 0.0453. The Balaban J connectivity index is 3.19. The molecule has 0 aliphatic heterocycles. The molecule has 0 spiro atoms. The molecule has 0 nitrogen and oxygen atoms in total. The van der Waals surface area contributed by atoms with Crippen LogP contribution >= 0.6 is 0 Å². The van der Waals surface area contributed by atoms with E-state index in [4.69, 9.17) is 0 Å². The van der Waals surface area contributed by atoms with Gasteiger partial charge < -0.3 is 0 Å². The van der Waals surface area contributed by atoms with Crippen LogP contribution in [0.15, 0.2) is 23.1 Å². The van der Waals surface area contributed by atoms with E-state index in [1.807, 2.05) is 0 Å². The molecule has 68 valence electrons. The van der Waals surface area contributed by atoms with Crippen LogP contribution in [0, 0.1) is 0 Å². The molecule has 0 aromatic rings. The van der Waals surface area contributed by atoms with Gasteiger partial charge in [-0.1, -0.05) is 0 Å². The molecule has 0 N–H and O–H groups in total. The Morgan fingerprint density at radius 1 is 1.08 bits per heavy atom. The summed E-state index contributed by atoms with van der Waals surface area (Å²) in [5.74, 6) is -9.34. The van der Waals surface area contributed by atoms with Crippen LogP contribution in [0.4, 0.5) is 22.0 Å². The number of hydrogen-bond donors (Lipinski definition) is 0. The molecule has 0 saturated heterocycles. The number of alkyl halides is 2. The number of allylic oxidation sites excluding steroid dienone is 4. The predicted octanol–water partition coefficient (Wildman–Crippen LogP) is 3.42. The van der Waals surface area contributed by atoms with Gasteiger partial charge in [-0.3, -0.25) is 0 Å². The Morgan fingerprint density at radius 2 is 1.58 bits per heavy atom. The van der Waals surface area contributed by atoms with E-state index in [0.717, 1.165) is 6.92 Å². The van der Waals surface area contributed by atoms with Crippen molar-refractivity contribution in [2.75, 3.05) is 0 Å². The largest absolute Gasteiger partial charge is 0.325 e. The summed E-state index contributed by atoms with van der Waals surface area (Å²) in [5.41, 5.74) is -1.05. The molecule has 12 heavy (non-hydrogen) atoms. The Kier molecular flexibility index (Phi) is 1.97. The zero-order chi connectivity index (χ0) is 9.52. The molecule has 5 heteroatoms. The van der Waals surface area contributed by atoms with Crippen molar-refractivity contribution < 1.29 is 22.0 Å². The van der Waals surface area contributed by atoms with Gasteiger partial charge in [0.05, 0.1) is 6.42 Å². The molecule has 0 radical (unpaired) electrons. The highest BCUT2D eigenvalue weighted by atomic mass is 19.3. The van der Waals surface area contributed by atoms with Crippen molar-refractivity contribution in [1.82, 2.24) is 0 Å². The maximum absolute atomic E-state index is 12.5. The SMILES string of the molecule is CC1=C(F)CC(F)=C(F)C1(F)F. The summed E-state index contributed by atoms with van der Waals surface area (Å²) < 4.78 is 62.1. The van der Waals surface area contributed by atoms with E-state index in [1.54, 1.807) is 0 Å². The highest BCUT2D eigenvalue weighted by Gasteiger charge is 2.45. The molecule has 0 bridgehead atoms. The second kappa shape index (κ2) is 2.57. The van der Waals surface area contributed by atoms with Crippen molar-refractivity contribution in [2.24, 2.45) is 0 Å². The average Bonchev–Trinajstić information content (AvgIpc) is 1.99. The van der Waals surface area contributed by atoms with E-state index in [0.29, 0.717) is 0 Å². The van der Waals surface area contributed by atoms with Gasteiger partial charge in [-0.15, -0.1) is 0 Å². The van der Waals surface area contributed by atoms with Crippen molar-refractivity contribution >= 4 is 0 Å². The monoisotopic (exact) mass is 184 g/mol. The van der Waals surface area contributed by atoms with Crippen molar-refractivity contribution in [3.8, 4) is 0 Å². The molecule has 1 rings (SSSR count). The highest BCUT2D eigenvalue weighted by Crippen LogP contribution is 2.43. The van der Waals surface area contributed by atoms with Gasteiger partial charge in [0, 0.05) is 5.57 Å². The van der Waals surface area contributed by atoms with Gasteiger partial charge in [-0.2, -0.15) is 8.78 Å². The first-order valence-corrected chi connectivity index (χ1v) is 3.15. The third-order valence-electron chi connectivity index (χ3n) is 1.70. The molecule has 1 aliphatic carbocycles. The molecular formula is C7H5F5. The van der Waals surface area contributed by atoms with E-state index in [-0.39, 0.29) is 0 Å². The Morgan fingerprint density at radius 3 is 2.08 bits per heavy atom. The molecule has 0 fully saturated rings. The van der Waals surface area contributed by atoms with Crippen molar-refractivity contribution in [2.45, 2.75) is 19.3 Å². The summed E-state index contributed by atoms with van der Waals surface area (Å²) in [7, 11) is 0. The fourth-order valence-electron chi connectivity index (χ4n) is 0.852. The third-order valence-corrected chi connectivity index (χ3v) is 1.70. The third kappa shape index (κ3) is 1.13. The van der Waals surface area contributed by atoms with Crippen LogP contribution in [0.2, 0.25) is 0 Å². The van der Waals surface area contributed by atoms with Crippen LogP contribution in [0.1, 0.15) is 13.3 Å². The molecule has 0 atom stereocenters. The summed E-state index contributed by atoms with van der Waals surface area (Å²) >= 11 is 0. The lowest BCUT2D eigenvalue weighted by Gasteiger charge is -2.20. The van der Waals surface area contributed by atoms with Gasteiger partial charge >= 0.3 is 5.92 Å². The average molecular weight is 184 g/mol. The summed E-state index contributed by atoms with van der Waals surface area (Å²) in [6, 6.07) is 0. The fourth-order valence-corrected chi connectivity index (χ4v) is 0.852. The quantitative estimate of drug-likeness (QED) is 0.506. The van der Waals surface area contributed by atoms with Gasteiger partial charge in [-0.25, -0.2) is 13.2 Å². The van der Waals surface area contributed by atoms with E-state index < -0.39 is 35.4 Å². The topological polar surface area (TPSA) is 0 Å². The van der Waals surface area contributed by atoms with Gasteiger partial charge in [0.15, 0.2) is 0 Å². The smallest absolute Gasteiger partial charge is 0.211 e. The summed E-state index contributed by atoms with van der Waals surface area (Å²) in [5, 5.41) is 0. The van der Waals surface area contributed by atoms with Crippen LogP contribution in [-0.4, -0.2) is 5.92 Å². The van der Waals surface area contributed by atoms with Crippen LogP contribution in [0.25, 0.3) is 0 Å². The first-order chi connectivity index (χ1) is 5.37. The zero-order valence-corrected chi connectivity index (χ0v) is 6.10. The minimum atomic E-state index is -4.12. The molecule has 0 aromatic carbocycles. The van der Waals surface area contributed by atoms with Gasteiger partial charge in [-0.05, 0) is 6.92 Å². The lowest BCUT2D eigenvalue weighted by atomic mass is 10.0. The molecule has 0 amide bonds. The number of rotatable bonds is 0. The van der Waals surface area contributed by atoms with Crippen LogP contribution < -0.4 is 0 Å². The van der Waals surface area contributed by atoms with Gasteiger partial charge in [0.1, 0.15) is 11.7 Å². The van der Waals surface area contributed by atoms with Gasteiger partial charge in [0.2, 0.25) is 5.83 Å². The molecule has 0 saturated carbocycles. The molecule has 0 unspecified atom stereocenters. The molecule has 0 heterocycles. The van der Waals surface area contributed by atoms with Crippen LogP contribution in [-0.2, 0) is 0 Å². The Labute approximate surface area is 65.4 Å². The van der Waals surface area contributed by atoms with Gasteiger partial charge in [0.25, 0.3) is 0 Å². The first-order valence-electron chi connectivity index (χ1n) is 3.15. The first kappa shape index (κ1) is 9.22. The minimum absolute atomic E-state index is 0.737. The Hall–Kier alpha value is -0.870. The van der Waals surface area contributed by atoms with Crippen LogP contribution in [0.5, 0.6) is 0 Å². The molecule has 0 aromatic heterocycles. The van der Waals surface area contributed by atoms with Crippen molar-refractivity contribution in [1.29, 1.82) is 0 Å². The van der Waals surface area contributed by atoms with Crippen molar-refractivity contribution in [3.05, 3.63) is 23.1 Å². The second-order valence-corrected chi connectivity index (χ2v) is 2.50. The number of halogens is 5. The maximum atomic E-state index is 12.5. The summed E-state index contributed by atoms with van der Waals surface area (Å²) in [6.45, 7) is 0.737. The molecular weight excluding hydrogens is 179 g/mol. The standard InChI is InChI=1S/C7H5F5/c1-3-4(8)2-5(9)6(10)7(3,11)12/h2H2,1H3. The van der Waals surface area contributed by atoms with E-state index in [1.165, 1.54) is 0 Å². The Bertz CT molecular complexity index is 248. The normalized spacial score (nSPS) is 23.5. The summed E-state index contributed by atoms with van der Waals surface area (Å²) in [6.07, 6.45) is -1.01. The predicted molar refractivity (Wildman–Crippen MR) is 32.6 cm³/mol. The molecule has 1 aliphatic rings. The lowest BCUT2D eigenvalue weighted by Crippen LogP contribution is -2.23. The van der Waals surface area contributed by atoms with Crippen molar-refractivity contribution in [3.63, 3.8) is 0 Å². The minimum Gasteiger partial charge on any atom is -0.211 e. The second-order valence-electron chi connectivity index (χ2n) is 2.50. The van der Waals surface area contributed by atoms with E-state index >= 15 is 0 Å². The van der Waals surface area contributed by atoms with E-state index in [2.05, 4.69) is 0 Å². The fraction of sp³-hybridized carbons (Fsp3) is 0.429. The van der Waals surface area contributed by atoms with E-state index in [9.17, 15) is 22.0 Å². The van der Waals surface area contributed by atoms with Crippen LogP contribution in [0.3, 0.4) is 0 Å². The maximum Gasteiger partial charge on any atom is 0.325 e. The zero-order valence-electron chi connectivity index (χ0n) is 6.10. The number of hydrogen-bond acceptors (Lipinski definition) is 0.